The third-order valence-corrected chi connectivity index (χ3v) is 6.49. The van der Waals surface area contributed by atoms with Crippen LogP contribution in [0.4, 0.5) is 10.2 Å². The van der Waals surface area contributed by atoms with Crippen molar-refractivity contribution in [1.29, 1.82) is 5.26 Å². The number of hydrogen-bond donors (Lipinski definition) is 0. The van der Waals surface area contributed by atoms with Gasteiger partial charge in [0.25, 0.3) is 0 Å². The Morgan fingerprint density at radius 3 is 2.44 bits per heavy atom. The lowest BCUT2D eigenvalue weighted by molar-refractivity contribution is -0.131. The molecule has 36 heavy (non-hydrogen) atoms. The summed E-state index contributed by atoms with van der Waals surface area (Å²) in [6, 6.07) is 24.3. The van der Waals surface area contributed by atoms with Gasteiger partial charge in [-0.05, 0) is 24.6 Å². The van der Waals surface area contributed by atoms with Gasteiger partial charge in [0.15, 0.2) is 5.82 Å². The zero-order chi connectivity index (χ0) is 24.4. The number of hydrogen-bond acceptors (Lipinski definition) is 5. The number of aromatic nitrogens is 2. The molecule has 1 fully saturated rings. The van der Waals surface area contributed by atoms with Gasteiger partial charge >= 0.3 is 0 Å². The summed E-state index contributed by atoms with van der Waals surface area (Å²) in [6.45, 7) is 3.68. The summed E-state index contributed by atoms with van der Waals surface area (Å²) in [6.07, 6.45) is -0.0290. The van der Waals surface area contributed by atoms with E-state index in [2.05, 4.69) is 34.2 Å². The van der Waals surface area contributed by atoms with Crippen LogP contribution in [0.3, 0.4) is 0 Å². The van der Waals surface area contributed by atoms with Crippen molar-refractivity contribution in [2.24, 2.45) is 0 Å². The standard InChI is InChI=1S/C28H24FN5O.ClH/c1-19-18-33(26(35)16-22-12-11-20(17-30)15-25(22)29)13-14-34(19)28-24-10-6-5-9-23(24)27(31-32-28)21-7-3-2-4-8-21;/h2-12,15,19H,13-14,16,18H2,1H3;1H/t19-;/m0./s1. The molecule has 182 valence electrons. The van der Waals surface area contributed by atoms with Crippen LogP contribution in [0.25, 0.3) is 22.0 Å². The van der Waals surface area contributed by atoms with Gasteiger partial charge in [-0.3, -0.25) is 4.79 Å². The molecule has 2 heterocycles. The summed E-state index contributed by atoms with van der Waals surface area (Å²) >= 11 is 0. The van der Waals surface area contributed by atoms with Crippen molar-refractivity contribution in [2.45, 2.75) is 19.4 Å². The molecule has 0 aliphatic carbocycles. The monoisotopic (exact) mass is 501 g/mol. The predicted molar refractivity (Wildman–Crippen MR) is 140 cm³/mol. The molecule has 0 N–H and O–H groups in total. The largest absolute Gasteiger partial charge is 0.348 e. The zero-order valence-corrected chi connectivity index (χ0v) is 20.6. The van der Waals surface area contributed by atoms with Gasteiger partial charge < -0.3 is 9.80 Å². The number of rotatable bonds is 4. The molecule has 1 aliphatic rings. The first-order chi connectivity index (χ1) is 17.0. The molecule has 1 aromatic heterocycles. The van der Waals surface area contributed by atoms with Gasteiger partial charge in [-0.15, -0.1) is 22.6 Å². The number of nitriles is 1. The summed E-state index contributed by atoms with van der Waals surface area (Å²) in [4.78, 5) is 16.9. The van der Waals surface area contributed by atoms with Gasteiger partial charge in [-0.2, -0.15) is 5.26 Å². The van der Waals surface area contributed by atoms with Gasteiger partial charge in [0.1, 0.15) is 11.5 Å². The Bertz CT molecular complexity index is 1440. The second-order valence-corrected chi connectivity index (χ2v) is 8.76. The van der Waals surface area contributed by atoms with Crippen LogP contribution in [-0.2, 0) is 11.2 Å². The first-order valence-corrected chi connectivity index (χ1v) is 11.6. The third kappa shape index (κ3) is 4.86. The molecule has 1 aliphatic heterocycles. The van der Waals surface area contributed by atoms with Crippen LogP contribution in [0.5, 0.6) is 0 Å². The van der Waals surface area contributed by atoms with Gasteiger partial charge in [0.05, 0.1) is 18.1 Å². The van der Waals surface area contributed by atoms with Crippen molar-refractivity contribution in [1.82, 2.24) is 15.1 Å². The van der Waals surface area contributed by atoms with Crippen molar-refractivity contribution in [3.05, 3.63) is 89.7 Å². The highest BCUT2D eigenvalue weighted by molar-refractivity contribution is 6.00. The van der Waals surface area contributed by atoms with Crippen LogP contribution >= 0.6 is 12.4 Å². The smallest absolute Gasteiger partial charge is 0.227 e. The number of halogens is 2. The van der Waals surface area contributed by atoms with E-state index in [1.165, 1.54) is 18.2 Å². The molecule has 1 amide bonds. The van der Waals surface area contributed by atoms with Crippen molar-refractivity contribution in [3.8, 4) is 17.3 Å². The van der Waals surface area contributed by atoms with E-state index in [1.807, 2.05) is 48.5 Å². The molecule has 0 spiro atoms. The number of fused-ring (bicyclic) bond motifs is 1. The Morgan fingerprint density at radius 1 is 1.03 bits per heavy atom. The molecular weight excluding hydrogens is 477 g/mol. The second kappa shape index (κ2) is 10.7. The molecule has 0 radical (unpaired) electrons. The number of nitrogens with zero attached hydrogens (tertiary/aromatic N) is 5. The maximum Gasteiger partial charge on any atom is 0.227 e. The van der Waals surface area contributed by atoms with Crippen LogP contribution in [0.1, 0.15) is 18.1 Å². The third-order valence-electron chi connectivity index (χ3n) is 6.49. The van der Waals surface area contributed by atoms with Crippen molar-refractivity contribution >= 4 is 34.9 Å². The summed E-state index contributed by atoms with van der Waals surface area (Å²) < 4.78 is 14.3. The van der Waals surface area contributed by atoms with Gasteiger partial charge in [-0.25, -0.2) is 4.39 Å². The number of amides is 1. The molecule has 0 saturated carbocycles. The fraction of sp³-hybridized carbons (Fsp3) is 0.214. The highest BCUT2D eigenvalue weighted by Gasteiger charge is 2.29. The number of piperazine rings is 1. The summed E-state index contributed by atoms with van der Waals surface area (Å²) in [7, 11) is 0. The van der Waals surface area contributed by atoms with E-state index in [9.17, 15) is 9.18 Å². The minimum Gasteiger partial charge on any atom is -0.348 e. The van der Waals surface area contributed by atoms with Crippen molar-refractivity contribution < 1.29 is 9.18 Å². The van der Waals surface area contributed by atoms with E-state index in [4.69, 9.17) is 5.26 Å². The van der Waals surface area contributed by atoms with Crippen LogP contribution in [0.2, 0.25) is 0 Å². The highest BCUT2D eigenvalue weighted by Crippen LogP contribution is 2.32. The quantitative estimate of drug-likeness (QED) is 0.393. The molecule has 1 saturated heterocycles. The number of carbonyl (C=O) groups is 1. The van der Waals surface area contributed by atoms with Crippen LogP contribution < -0.4 is 4.90 Å². The average molecular weight is 502 g/mol. The summed E-state index contributed by atoms with van der Waals surface area (Å²) in [5.41, 5.74) is 2.40. The molecule has 0 unspecified atom stereocenters. The first kappa shape index (κ1) is 25.1. The van der Waals surface area contributed by atoms with Crippen molar-refractivity contribution in [3.63, 3.8) is 0 Å². The predicted octanol–water partition coefficient (Wildman–Crippen LogP) is 5.01. The Hall–Kier alpha value is -4.02. The Labute approximate surface area is 215 Å². The number of benzene rings is 3. The molecular formula is C28H25ClFN5O. The Balaban J connectivity index is 0.00000304. The fourth-order valence-corrected chi connectivity index (χ4v) is 4.64. The minimum atomic E-state index is -0.524. The molecule has 1 atom stereocenters. The maximum absolute atomic E-state index is 14.3. The van der Waals surface area contributed by atoms with Gasteiger partial charge in [0, 0.05) is 42.0 Å². The number of carbonyl (C=O) groups excluding carboxylic acids is 1. The SMILES string of the molecule is C[C@H]1CN(C(=O)Cc2ccc(C#N)cc2F)CCN1c1nnc(-c2ccccc2)c2ccccc12.Cl. The molecule has 6 nitrogen and oxygen atoms in total. The van der Waals surface area contributed by atoms with E-state index < -0.39 is 5.82 Å². The summed E-state index contributed by atoms with van der Waals surface area (Å²) in [5, 5.41) is 20.2. The highest BCUT2D eigenvalue weighted by atomic mass is 35.5. The molecule has 5 rings (SSSR count). The normalized spacial score (nSPS) is 15.3. The lowest BCUT2D eigenvalue weighted by Gasteiger charge is -2.40. The van der Waals surface area contributed by atoms with Crippen LogP contribution in [0.15, 0.2) is 72.8 Å². The van der Waals surface area contributed by atoms with Gasteiger partial charge in [0.2, 0.25) is 5.91 Å². The van der Waals surface area contributed by atoms with E-state index in [-0.39, 0.29) is 36.3 Å². The molecule has 0 bridgehead atoms. The molecule has 8 heteroatoms. The average Bonchev–Trinajstić information content (AvgIpc) is 2.89. The minimum absolute atomic E-state index is 0. The van der Waals surface area contributed by atoms with Crippen LogP contribution in [0, 0.1) is 17.1 Å². The molecule has 4 aromatic rings. The van der Waals surface area contributed by atoms with Crippen molar-refractivity contribution in [2.75, 3.05) is 24.5 Å². The first-order valence-electron chi connectivity index (χ1n) is 11.6. The second-order valence-electron chi connectivity index (χ2n) is 8.76. The zero-order valence-electron chi connectivity index (χ0n) is 19.8. The van der Waals surface area contributed by atoms with E-state index in [0.717, 1.165) is 27.8 Å². The lowest BCUT2D eigenvalue weighted by atomic mass is 10.0. The number of anilines is 1. The maximum atomic E-state index is 14.3. The van der Waals surface area contributed by atoms with Crippen LogP contribution in [-0.4, -0.2) is 46.7 Å². The molecule has 3 aromatic carbocycles. The van der Waals surface area contributed by atoms with E-state index in [1.54, 1.807) is 4.90 Å². The Kier molecular flexibility index (Phi) is 7.47. The van der Waals surface area contributed by atoms with Gasteiger partial charge in [-0.1, -0.05) is 60.7 Å². The lowest BCUT2D eigenvalue weighted by Crippen LogP contribution is -2.54. The fourth-order valence-electron chi connectivity index (χ4n) is 4.64. The topological polar surface area (TPSA) is 73.1 Å². The van der Waals surface area contributed by atoms with E-state index in [0.29, 0.717) is 25.2 Å². The Morgan fingerprint density at radius 2 is 1.75 bits per heavy atom. The van der Waals surface area contributed by atoms with E-state index >= 15 is 0 Å². The summed E-state index contributed by atoms with van der Waals surface area (Å²) in [5.74, 6) is 0.151.